The van der Waals surface area contributed by atoms with Gasteiger partial charge in [-0.2, -0.15) is 0 Å². The molecule has 0 aliphatic carbocycles. The Bertz CT molecular complexity index is 556. The van der Waals surface area contributed by atoms with Gasteiger partial charge in [-0.25, -0.2) is 4.57 Å². The molecule has 0 bridgehead atoms. The van der Waals surface area contributed by atoms with Gasteiger partial charge in [0.05, 0.1) is 19.3 Å². The summed E-state index contributed by atoms with van der Waals surface area (Å²) in [6.07, 6.45) is 11.4. The molecule has 0 saturated carbocycles. The van der Waals surface area contributed by atoms with Crippen LogP contribution in [0.15, 0.2) is 0 Å². The van der Waals surface area contributed by atoms with E-state index < -0.39 is 7.82 Å². The number of hydrogen-bond acceptors (Lipinski definition) is 5. The molecule has 0 aromatic heterocycles. The third-order valence-corrected chi connectivity index (χ3v) is 6.72. The van der Waals surface area contributed by atoms with Crippen LogP contribution in [0.25, 0.3) is 0 Å². The van der Waals surface area contributed by atoms with Crippen molar-refractivity contribution in [2.45, 2.75) is 104 Å². The largest absolute Gasteiger partial charge is 0.472 e. The lowest BCUT2D eigenvalue weighted by Gasteiger charge is -2.25. The Labute approximate surface area is 182 Å². The monoisotopic (exact) mass is 449 g/mol. The minimum Gasteiger partial charge on any atom is -0.337 e. The molecule has 176 valence electrons. The number of nitrogens with zero attached hydrogens (tertiary/aromatic N) is 1. The number of rotatable bonds is 17. The van der Waals surface area contributed by atoms with Crippen LogP contribution in [-0.4, -0.2) is 47.3 Å². The van der Waals surface area contributed by atoms with Gasteiger partial charge in [-0.05, 0) is 32.1 Å². The van der Waals surface area contributed by atoms with E-state index in [0.29, 0.717) is 31.1 Å². The van der Waals surface area contributed by atoms with E-state index in [1.807, 2.05) is 11.8 Å². The smallest absolute Gasteiger partial charge is 0.337 e. The van der Waals surface area contributed by atoms with E-state index in [1.165, 1.54) is 19.3 Å². The molecule has 1 aliphatic heterocycles. The first-order valence-electron chi connectivity index (χ1n) is 11.7. The average Bonchev–Trinajstić information content (AvgIpc) is 3.08. The van der Waals surface area contributed by atoms with Gasteiger partial charge in [-0.3, -0.25) is 18.6 Å². The van der Waals surface area contributed by atoms with Crippen LogP contribution in [0.2, 0.25) is 0 Å². The van der Waals surface area contributed by atoms with E-state index in [-0.39, 0.29) is 25.2 Å². The molecule has 3 atom stereocenters. The van der Waals surface area contributed by atoms with Gasteiger partial charge in [0.15, 0.2) is 0 Å². The number of unbranched alkanes of at least 4 members (excludes halogenated alkanes) is 7. The van der Waals surface area contributed by atoms with Crippen LogP contribution in [0, 0.1) is 5.92 Å². The molecular formula is C22H42NO6P. The molecule has 1 saturated heterocycles. The summed E-state index contributed by atoms with van der Waals surface area (Å²) in [6, 6.07) is -0.159. The molecule has 1 rings (SSSR count). The van der Waals surface area contributed by atoms with E-state index in [1.54, 1.807) is 6.92 Å². The van der Waals surface area contributed by atoms with Gasteiger partial charge < -0.3 is 9.79 Å². The van der Waals surface area contributed by atoms with Crippen LogP contribution < -0.4 is 0 Å². The molecule has 0 aromatic carbocycles. The zero-order valence-corrected chi connectivity index (χ0v) is 20.0. The van der Waals surface area contributed by atoms with Gasteiger partial charge in [0, 0.05) is 25.8 Å². The van der Waals surface area contributed by atoms with Crippen molar-refractivity contribution >= 4 is 19.5 Å². The fourth-order valence-corrected chi connectivity index (χ4v) is 4.74. The third kappa shape index (κ3) is 11.6. The van der Waals surface area contributed by atoms with Crippen molar-refractivity contribution in [3.63, 3.8) is 0 Å². The number of carbonyl (C=O) groups is 2. The minimum atomic E-state index is -4.03. The van der Waals surface area contributed by atoms with Crippen LogP contribution in [0.4, 0.5) is 0 Å². The normalized spacial score (nSPS) is 21.0. The van der Waals surface area contributed by atoms with Crippen LogP contribution >= 0.6 is 7.82 Å². The number of hydrogen-bond donors (Lipinski definition) is 1. The first-order valence-corrected chi connectivity index (χ1v) is 13.2. The molecule has 1 fully saturated rings. The molecule has 1 N–H and O–H groups in total. The van der Waals surface area contributed by atoms with Crippen molar-refractivity contribution < 1.29 is 28.1 Å². The highest BCUT2D eigenvalue weighted by Crippen LogP contribution is 2.43. The summed E-state index contributed by atoms with van der Waals surface area (Å²) in [7, 11) is -4.03. The molecule has 30 heavy (non-hydrogen) atoms. The standard InChI is InChI=1S/C22H42NO6P/c1-4-21(24)14-12-10-8-6-7-9-11-13-15-22(25)23-17-19(3)16-20(23)18-29-30(26,27)28-5-2/h19-20H,4-18H2,1-3H3,(H,26,27)/t19-,20+/m1/s1/i24+2. The van der Waals surface area contributed by atoms with Crippen molar-refractivity contribution in [3.8, 4) is 0 Å². The number of Topliss-reactive ketones (excluding diaryl/α,β-unsaturated/α-hetero) is 1. The van der Waals surface area contributed by atoms with Gasteiger partial charge in [-0.1, -0.05) is 52.4 Å². The Hall–Kier alpha value is -0.750. The maximum absolute atomic E-state index is 12.6. The van der Waals surface area contributed by atoms with Gasteiger partial charge >= 0.3 is 7.82 Å². The van der Waals surface area contributed by atoms with Crippen molar-refractivity contribution in [1.82, 2.24) is 4.90 Å². The average molecular weight is 450 g/mol. The molecule has 1 unspecified atom stereocenters. The van der Waals surface area contributed by atoms with Crippen LogP contribution in [0.3, 0.4) is 0 Å². The second-order valence-electron chi connectivity index (χ2n) is 8.44. The third-order valence-electron chi connectivity index (χ3n) is 5.66. The Morgan fingerprint density at radius 2 is 1.60 bits per heavy atom. The van der Waals surface area contributed by atoms with E-state index in [0.717, 1.165) is 44.9 Å². The molecule has 0 radical (unpaired) electrons. The summed E-state index contributed by atoms with van der Waals surface area (Å²) in [5, 5.41) is 0. The number of likely N-dealkylation sites (tertiary alicyclic amines) is 1. The summed E-state index contributed by atoms with van der Waals surface area (Å²) < 4.78 is 21.5. The predicted octanol–water partition coefficient (Wildman–Crippen LogP) is 5.26. The van der Waals surface area contributed by atoms with Crippen LogP contribution in [-0.2, 0) is 23.2 Å². The Kier molecular flexibility index (Phi) is 13.7. The van der Waals surface area contributed by atoms with E-state index >= 15 is 0 Å². The highest BCUT2D eigenvalue weighted by Gasteiger charge is 2.34. The minimum absolute atomic E-state index is 0.0354. The molecule has 7 nitrogen and oxygen atoms in total. The summed E-state index contributed by atoms with van der Waals surface area (Å²) in [4.78, 5) is 35.3. The van der Waals surface area contributed by atoms with Gasteiger partial charge in [0.1, 0.15) is 5.78 Å². The fraction of sp³-hybridized carbons (Fsp3) is 0.909. The van der Waals surface area contributed by atoms with Crippen molar-refractivity contribution in [2.75, 3.05) is 19.8 Å². The van der Waals surface area contributed by atoms with Gasteiger partial charge in [-0.15, -0.1) is 0 Å². The number of phosphoric ester groups is 1. The second-order valence-corrected chi connectivity index (χ2v) is 9.90. The molecular weight excluding hydrogens is 407 g/mol. The first kappa shape index (κ1) is 27.3. The lowest BCUT2D eigenvalue weighted by atomic mass is 10.0. The van der Waals surface area contributed by atoms with Crippen molar-refractivity contribution in [2.24, 2.45) is 5.92 Å². The highest BCUT2D eigenvalue weighted by molar-refractivity contribution is 7.47. The van der Waals surface area contributed by atoms with Crippen LogP contribution in [0.1, 0.15) is 97.8 Å². The van der Waals surface area contributed by atoms with Gasteiger partial charge in [0.2, 0.25) is 5.91 Å². The van der Waals surface area contributed by atoms with Crippen molar-refractivity contribution in [1.29, 1.82) is 0 Å². The maximum atomic E-state index is 12.6. The van der Waals surface area contributed by atoms with Crippen LogP contribution in [0.5, 0.6) is 0 Å². The predicted molar refractivity (Wildman–Crippen MR) is 118 cm³/mol. The zero-order chi connectivity index (χ0) is 22.4. The quantitative estimate of drug-likeness (QED) is 0.185. The fourth-order valence-electron chi connectivity index (χ4n) is 3.97. The number of ketones is 1. The number of carbonyl (C=O) groups excluding carboxylic acids is 2. The summed E-state index contributed by atoms with van der Waals surface area (Å²) >= 11 is 0. The van der Waals surface area contributed by atoms with E-state index in [2.05, 4.69) is 6.92 Å². The molecule has 1 heterocycles. The Morgan fingerprint density at radius 1 is 1.03 bits per heavy atom. The summed E-state index contributed by atoms with van der Waals surface area (Å²) in [5.41, 5.74) is 0. The number of amides is 1. The lowest BCUT2D eigenvalue weighted by Crippen LogP contribution is -2.38. The van der Waals surface area contributed by atoms with E-state index in [4.69, 9.17) is 9.05 Å². The number of phosphoric acid groups is 1. The Morgan fingerprint density at radius 3 is 2.17 bits per heavy atom. The van der Waals surface area contributed by atoms with Crippen molar-refractivity contribution in [3.05, 3.63) is 0 Å². The van der Waals surface area contributed by atoms with Gasteiger partial charge in [0.25, 0.3) is 0 Å². The SMILES string of the molecule is CCOP(=O)(O)OC[C@@H]1C[C@@H](C)CN1C(=O)CCCCCCCCCCC(=[18O])CC. The molecule has 0 spiro atoms. The lowest BCUT2D eigenvalue weighted by molar-refractivity contribution is -0.133. The molecule has 1 amide bonds. The maximum Gasteiger partial charge on any atom is 0.472 e. The molecule has 0 aromatic rings. The summed E-state index contributed by atoms with van der Waals surface area (Å²) in [6.45, 7) is 6.46. The second kappa shape index (κ2) is 15.1. The molecule has 1 aliphatic rings. The Balaban J connectivity index is 2.16. The highest BCUT2D eigenvalue weighted by atomic mass is 31.2. The zero-order valence-electron chi connectivity index (χ0n) is 19.1. The van der Waals surface area contributed by atoms with E-state index in [9.17, 15) is 19.0 Å². The molecule has 8 heteroatoms. The topological polar surface area (TPSA) is 93.1 Å². The first-order chi connectivity index (χ1) is 14.3. The summed E-state index contributed by atoms with van der Waals surface area (Å²) in [5.74, 6) is 0.832.